The van der Waals surface area contributed by atoms with E-state index in [4.69, 9.17) is 23.2 Å². The average molecular weight is 359 g/mol. The lowest BCUT2D eigenvalue weighted by Crippen LogP contribution is -2.16. The van der Waals surface area contributed by atoms with Crippen LogP contribution in [0.2, 0.25) is 10.0 Å². The third-order valence-corrected chi connectivity index (χ3v) is 4.15. The first-order valence-electron chi connectivity index (χ1n) is 7.29. The summed E-state index contributed by atoms with van der Waals surface area (Å²) in [7, 11) is 0. The van der Waals surface area contributed by atoms with Gasteiger partial charge in [0.05, 0.1) is 0 Å². The molecule has 0 spiro atoms. The van der Waals surface area contributed by atoms with E-state index in [0.29, 0.717) is 10.9 Å². The lowest BCUT2D eigenvalue weighted by atomic mass is 10.0. The Morgan fingerprint density at radius 3 is 2.27 bits per heavy atom. The minimum Gasteiger partial charge on any atom is -0.312 e. The first-order valence-corrected chi connectivity index (χ1v) is 8.05. The minimum atomic E-state index is 0. The molecule has 4 heteroatoms. The van der Waals surface area contributed by atoms with Gasteiger partial charge in [-0.1, -0.05) is 67.4 Å². The predicted molar refractivity (Wildman–Crippen MR) is 99.7 cm³/mol. The van der Waals surface area contributed by atoms with Gasteiger partial charge in [0.2, 0.25) is 0 Å². The molecule has 0 radical (unpaired) electrons. The van der Waals surface area contributed by atoms with E-state index in [0.717, 1.165) is 30.1 Å². The van der Waals surface area contributed by atoms with Crippen LogP contribution in [0.3, 0.4) is 0 Å². The Morgan fingerprint density at radius 1 is 1.00 bits per heavy atom. The van der Waals surface area contributed by atoms with Crippen LogP contribution in [0.25, 0.3) is 0 Å². The molecule has 0 aliphatic rings. The van der Waals surface area contributed by atoms with Gasteiger partial charge in [0.15, 0.2) is 0 Å². The van der Waals surface area contributed by atoms with Gasteiger partial charge in [-0.2, -0.15) is 0 Å². The van der Waals surface area contributed by atoms with Crippen molar-refractivity contribution in [1.29, 1.82) is 0 Å². The topological polar surface area (TPSA) is 12.0 Å². The second-order valence-electron chi connectivity index (χ2n) is 5.56. The zero-order valence-electron chi connectivity index (χ0n) is 12.9. The second-order valence-corrected chi connectivity index (χ2v) is 6.40. The van der Waals surface area contributed by atoms with E-state index in [2.05, 4.69) is 43.4 Å². The van der Waals surface area contributed by atoms with Crippen LogP contribution in [0.1, 0.15) is 36.5 Å². The van der Waals surface area contributed by atoms with Crippen molar-refractivity contribution in [3.63, 3.8) is 0 Å². The van der Waals surface area contributed by atoms with E-state index >= 15 is 0 Å². The average Bonchev–Trinajstić information content (AvgIpc) is 2.46. The SMILES string of the molecule is CC(C)c1ccc(CNCCc2ccc(Cl)cc2Cl)cc1.Cl. The van der Waals surface area contributed by atoms with E-state index in [-0.39, 0.29) is 12.4 Å². The van der Waals surface area contributed by atoms with Crippen LogP contribution in [-0.4, -0.2) is 6.54 Å². The van der Waals surface area contributed by atoms with Crippen LogP contribution in [0, 0.1) is 0 Å². The summed E-state index contributed by atoms with van der Waals surface area (Å²) >= 11 is 12.1. The Bertz CT molecular complexity index is 579. The summed E-state index contributed by atoms with van der Waals surface area (Å²) in [5.41, 5.74) is 3.82. The Hall–Kier alpha value is -0.730. The zero-order valence-corrected chi connectivity index (χ0v) is 15.2. The van der Waals surface area contributed by atoms with Gasteiger partial charge in [0, 0.05) is 16.6 Å². The van der Waals surface area contributed by atoms with Crippen molar-refractivity contribution < 1.29 is 0 Å². The molecule has 0 saturated heterocycles. The maximum atomic E-state index is 6.16. The molecule has 1 N–H and O–H groups in total. The summed E-state index contributed by atoms with van der Waals surface area (Å²) in [4.78, 5) is 0. The van der Waals surface area contributed by atoms with Gasteiger partial charge in [0.1, 0.15) is 0 Å². The number of halogens is 3. The molecule has 0 aliphatic heterocycles. The predicted octanol–water partition coefficient (Wildman–Crippen LogP) is 5.87. The summed E-state index contributed by atoms with van der Waals surface area (Å²) in [6.45, 7) is 6.20. The molecule has 1 nitrogen and oxygen atoms in total. The van der Waals surface area contributed by atoms with Gasteiger partial charge < -0.3 is 5.32 Å². The molecule has 2 aromatic carbocycles. The molecule has 0 amide bonds. The zero-order chi connectivity index (χ0) is 15.2. The number of rotatable bonds is 6. The van der Waals surface area contributed by atoms with Crippen LogP contribution in [0.5, 0.6) is 0 Å². The van der Waals surface area contributed by atoms with Gasteiger partial charge >= 0.3 is 0 Å². The maximum absolute atomic E-state index is 6.16. The van der Waals surface area contributed by atoms with Crippen LogP contribution >= 0.6 is 35.6 Å². The highest BCUT2D eigenvalue weighted by atomic mass is 35.5. The molecule has 0 aliphatic carbocycles. The van der Waals surface area contributed by atoms with Crippen molar-refractivity contribution in [2.75, 3.05) is 6.54 Å². The monoisotopic (exact) mass is 357 g/mol. The molecular weight excluding hydrogens is 337 g/mol. The molecule has 2 rings (SSSR count). The fourth-order valence-corrected chi connectivity index (χ4v) is 2.70. The van der Waals surface area contributed by atoms with E-state index in [1.165, 1.54) is 11.1 Å². The van der Waals surface area contributed by atoms with Crippen molar-refractivity contribution in [1.82, 2.24) is 5.32 Å². The number of hydrogen-bond donors (Lipinski definition) is 1. The molecule has 0 unspecified atom stereocenters. The van der Waals surface area contributed by atoms with Gasteiger partial charge in [-0.3, -0.25) is 0 Å². The van der Waals surface area contributed by atoms with Crippen LogP contribution in [-0.2, 0) is 13.0 Å². The normalized spacial score (nSPS) is 10.6. The summed E-state index contributed by atoms with van der Waals surface area (Å²) in [5, 5.41) is 4.87. The first-order chi connectivity index (χ1) is 10.1. The van der Waals surface area contributed by atoms with Crippen molar-refractivity contribution in [2.45, 2.75) is 32.7 Å². The molecule has 0 atom stereocenters. The maximum Gasteiger partial charge on any atom is 0.0453 e. The van der Waals surface area contributed by atoms with Crippen molar-refractivity contribution in [3.8, 4) is 0 Å². The van der Waals surface area contributed by atoms with Crippen LogP contribution < -0.4 is 5.32 Å². The summed E-state index contributed by atoms with van der Waals surface area (Å²) < 4.78 is 0. The van der Waals surface area contributed by atoms with Crippen molar-refractivity contribution >= 4 is 35.6 Å². The van der Waals surface area contributed by atoms with Gasteiger partial charge in [-0.05, 0) is 47.7 Å². The second kappa shape index (κ2) is 9.42. The molecule has 22 heavy (non-hydrogen) atoms. The molecule has 0 fully saturated rings. The lowest BCUT2D eigenvalue weighted by molar-refractivity contribution is 0.686. The fraction of sp³-hybridized carbons (Fsp3) is 0.333. The molecule has 0 aromatic heterocycles. The van der Waals surface area contributed by atoms with E-state index < -0.39 is 0 Å². The number of hydrogen-bond acceptors (Lipinski definition) is 1. The van der Waals surface area contributed by atoms with Crippen LogP contribution in [0.4, 0.5) is 0 Å². The van der Waals surface area contributed by atoms with E-state index in [1.807, 2.05) is 12.1 Å². The molecule has 0 saturated carbocycles. The first kappa shape index (κ1) is 19.3. The summed E-state index contributed by atoms with van der Waals surface area (Å²) in [6.07, 6.45) is 0.903. The molecule has 2 aromatic rings. The number of nitrogens with one attached hydrogen (secondary N) is 1. The Morgan fingerprint density at radius 2 is 1.68 bits per heavy atom. The largest absolute Gasteiger partial charge is 0.312 e. The Balaban J connectivity index is 0.00000242. The van der Waals surface area contributed by atoms with Gasteiger partial charge in [-0.15, -0.1) is 12.4 Å². The fourth-order valence-electron chi connectivity index (χ4n) is 2.20. The minimum absolute atomic E-state index is 0. The quantitative estimate of drug-likeness (QED) is 0.637. The van der Waals surface area contributed by atoms with Crippen LogP contribution in [0.15, 0.2) is 42.5 Å². The lowest BCUT2D eigenvalue weighted by Gasteiger charge is -2.09. The summed E-state index contributed by atoms with van der Waals surface area (Å²) in [5.74, 6) is 0.582. The van der Waals surface area contributed by atoms with Crippen molar-refractivity contribution in [2.24, 2.45) is 0 Å². The Labute approximate surface area is 149 Å². The van der Waals surface area contributed by atoms with E-state index in [9.17, 15) is 0 Å². The highest BCUT2D eigenvalue weighted by molar-refractivity contribution is 6.35. The standard InChI is InChI=1S/C18H21Cl2N.ClH/c1-13(2)15-5-3-14(4-6-15)12-21-10-9-16-7-8-17(19)11-18(16)20;/h3-8,11,13,21H,9-10,12H2,1-2H3;1H. The third-order valence-electron chi connectivity index (χ3n) is 3.56. The van der Waals surface area contributed by atoms with E-state index in [1.54, 1.807) is 6.07 Å². The summed E-state index contributed by atoms with van der Waals surface area (Å²) in [6, 6.07) is 14.5. The Kier molecular flexibility index (Phi) is 8.27. The van der Waals surface area contributed by atoms with Gasteiger partial charge in [0.25, 0.3) is 0 Å². The smallest absolute Gasteiger partial charge is 0.0453 e. The number of benzene rings is 2. The molecular formula is C18H22Cl3N. The molecule has 0 heterocycles. The highest BCUT2D eigenvalue weighted by Gasteiger charge is 2.02. The molecule has 120 valence electrons. The molecule has 0 bridgehead atoms. The van der Waals surface area contributed by atoms with Gasteiger partial charge in [-0.25, -0.2) is 0 Å². The highest BCUT2D eigenvalue weighted by Crippen LogP contribution is 2.21. The van der Waals surface area contributed by atoms with Crippen molar-refractivity contribution in [3.05, 3.63) is 69.2 Å². The third kappa shape index (κ3) is 5.81.